The number of hydrogen-bond donors (Lipinski definition) is 1. The second kappa shape index (κ2) is 6.25. The van der Waals surface area contributed by atoms with E-state index in [1.165, 1.54) is 0 Å². The molecule has 1 atom stereocenters. The Morgan fingerprint density at radius 3 is 3.00 bits per heavy atom. The lowest BCUT2D eigenvalue weighted by molar-refractivity contribution is 0.0981. The summed E-state index contributed by atoms with van der Waals surface area (Å²) in [4.78, 5) is 15.4. The first kappa shape index (κ1) is 14.7. The molecule has 0 bridgehead atoms. The van der Waals surface area contributed by atoms with E-state index in [1.807, 2.05) is 0 Å². The van der Waals surface area contributed by atoms with Crippen LogP contribution in [0.4, 0.5) is 5.82 Å². The number of piperazine rings is 1. The van der Waals surface area contributed by atoms with E-state index in [0.29, 0.717) is 6.04 Å². The van der Waals surface area contributed by atoms with Crippen molar-refractivity contribution < 1.29 is 0 Å². The van der Waals surface area contributed by atoms with Crippen LogP contribution >= 0.6 is 11.3 Å². The van der Waals surface area contributed by atoms with Crippen LogP contribution in [0.5, 0.6) is 0 Å². The van der Waals surface area contributed by atoms with Crippen LogP contribution in [0.1, 0.15) is 19.7 Å². The normalized spacial score (nSPS) is 21.0. The van der Waals surface area contributed by atoms with Gasteiger partial charge in [0.1, 0.15) is 16.5 Å². The van der Waals surface area contributed by atoms with Gasteiger partial charge in [0.2, 0.25) is 0 Å². The zero-order valence-electron chi connectivity index (χ0n) is 13.0. The maximum atomic E-state index is 4.73. The summed E-state index contributed by atoms with van der Waals surface area (Å²) >= 11 is 1.69. The average Bonchev–Trinajstić information content (AvgIpc) is 2.92. The van der Waals surface area contributed by atoms with Crippen LogP contribution in [-0.4, -0.2) is 59.0 Å². The second-order valence-corrected chi connectivity index (χ2v) is 6.62. The molecule has 0 saturated carbocycles. The van der Waals surface area contributed by atoms with Gasteiger partial charge in [-0.3, -0.25) is 4.90 Å². The van der Waals surface area contributed by atoms with Crippen molar-refractivity contribution in [1.82, 2.24) is 19.8 Å². The fourth-order valence-corrected chi connectivity index (χ4v) is 3.52. The fourth-order valence-electron chi connectivity index (χ4n) is 2.74. The minimum absolute atomic E-state index is 0.595. The lowest BCUT2D eigenvalue weighted by Gasteiger charge is -2.37. The molecule has 3 rings (SSSR count). The van der Waals surface area contributed by atoms with Crippen molar-refractivity contribution in [3.63, 3.8) is 0 Å². The van der Waals surface area contributed by atoms with E-state index in [2.05, 4.69) is 47.5 Å². The molecule has 0 aromatic carbocycles. The zero-order valence-corrected chi connectivity index (χ0v) is 13.8. The standard InChI is InChI=1S/C15H23N5S/c1-4-16-14-12-5-8-21-15(12)18-13(17-14)10-20-7-6-19(3)11(2)9-20/h5,8,11H,4,6-7,9-10H2,1-3H3,(H,16,17,18). The number of hydrogen-bond acceptors (Lipinski definition) is 6. The topological polar surface area (TPSA) is 44.3 Å². The van der Waals surface area contributed by atoms with Gasteiger partial charge in [0.25, 0.3) is 0 Å². The van der Waals surface area contributed by atoms with Crippen molar-refractivity contribution in [3.8, 4) is 0 Å². The Morgan fingerprint density at radius 2 is 2.24 bits per heavy atom. The molecule has 1 aliphatic heterocycles. The molecule has 6 heteroatoms. The third kappa shape index (κ3) is 3.17. The first-order valence-corrected chi connectivity index (χ1v) is 8.46. The number of thiophene rings is 1. The van der Waals surface area contributed by atoms with Crippen molar-refractivity contribution in [2.75, 3.05) is 38.5 Å². The number of nitrogens with zero attached hydrogens (tertiary/aromatic N) is 4. The highest BCUT2D eigenvalue weighted by molar-refractivity contribution is 7.16. The van der Waals surface area contributed by atoms with Crippen molar-refractivity contribution in [2.24, 2.45) is 0 Å². The molecule has 1 unspecified atom stereocenters. The highest BCUT2D eigenvalue weighted by Gasteiger charge is 2.21. The van der Waals surface area contributed by atoms with Gasteiger partial charge >= 0.3 is 0 Å². The smallest absolute Gasteiger partial charge is 0.146 e. The third-order valence-corrected chi connectivity index (χ3v) is 4.93. The Kier molecular flexibility index (Phi) is 4.37. The van der Waals surface area contributed by atoms with E-state index >= 15 is 0 Å². The predicted molar refractivity (Wildman–Crippen MR) is 88.9 cm³/mol. The summed E-state index contributed by atoms with van der Waals surface area (Å²) in [6.45, 7) is 9.38. The first-order valence-electron chi connectivity index (χ1n) is 7.58. The van der Waals surface area contributed by atoms with Gasteiger partial charge in [0.15, 0.2) is 0 Å². The Hall–Kier alpha value is -1.24. The molecule has 1 fully saturated rings. The monoisotopic (exact) mass is 305 g/mol. The van der Waals surface area contributed by atoms with Gasteiger partial charge < -0.3 is 10.2 Å². The molecule has 0 aliphatic carbocycles. The average molecular weight is 305 g/mol. The number of rotatable bonds is 4. The molecule has 3 heterocycles. The highest BCUT2D eigenvalue weighted by Crippen LogP contribution is 2.25. The Bertz CT molecular complexity index is 611. The molecule has 1 N–H and O–H groups in total. The summed E-state index contributed by atoms with van der Waals surface area (Å²) in [6, 6.07) is 2.69. The number of likely N-dealkylation sites (N-methyl/N-ethyl adjacent to an activating group) is 1. The van der Waals surface area contributed by atoms with Gasteiger partial charge in [-0.05, 0) is 32.3 Å². The molecule has 2 aromatic rings. The van der Waals surface area contributed by atoms with Crippen LogP contribution in [0.3, 0.4) is 0 Å². The molecule has 2 aromatic heterocycles. The number of anilines is 1. The molecule has 0 spiro atoms. The summed E-state index contributed by atoms with van der Waals surface area (Å²) < 4.78 is 0. The van der Waals surface area contributed by atoms with Gasteiger partial charge in [0, 0.05) is 32.2 Å². The van der Waals surface area contributed by atoms with E-state index in [1.54, 1.807) is 11.3 Å². The third-order valence-electron chi connectivity index (χ3n) is 4.12. The molecular weight excluding hydrogens is 282 g/mol. The molecule has 1 saturated heterocycles. The van der Waals surface area contributed by atoms with E-state index in [0.717, 1.165) is 54.6 Å². The summed E-state index contributed by atoms with van der Waals surface area (Å²) in [5, 5.41) is 6.58. The summed E-state index contributed by atoms with van der Waals surface area (Å²) in [5.41, 5.74) is 0. The van der Waals surface area contributed by atoms with Crippen molar-refractivity contribution in [3.05, 3.63) is 17.3 Å². The lowest BCUT2D eigenvalue weighted by Crippen LogP contribution is -2.49. The quantitative estimate of drug-likeness (QED) is 0.938. The van der Waals surface area contributed by atoms with Crippen LogP contribution in [0, 0.1) is 0 Å². The van der Waals surface area contributed by atoms with E-state index in [4.69, 9.17) is 9.97 Å². The van der Waals surface area contributed by atoms with Crippen LogP contribution < -0.4 is 5.32 Å². The molecule has 0 amide bonds. The molecular formula is C15H23N5S. The minimum Gasteiger partial charge on any atom is -0.370 e. The Morgan fingerprint density at radius 1 is 1.38 bits per heavy atom. The van der Waals surface area contributed by atoms with Crippen LogP contribution in [0.15, 0.2) is 11.4 Å². The number of aromatic nitrogens is 2. The summed E-state index contributed by atoms with van der Waals surface area (Å²) in [7, 11) is 2.19. The van der Waals surface area contributed by atoms with Crippen molar-refractivity contribution in [2.45, 2.75) is 26.4 Å². The maximum Gasteiger partial charge on any atom is 0.146 e. The highest BCUT2D eigenvalue weighted by atomic mass is 32.1. The Balaban J connectivity index is 1.80. The van der Waals surface area contributed by atoms with Crippen molar-refractivity contribution >= 4 is 27.4 Å². The molecule has 1 aliphatic rings. The fraction of sp³-hybridized carbons (Fsp3) is 0.600. The number of nitrogens with one attached hydrogen (secondary N) is 1. The molecule has 5 nitrogen and oxygen atoms in total. The summed E-state index contributed by atoms with van der Waals surface area (Å²) in [6.07, 6.45) is 0. The number of fused-ring (bicyclic) bond motifs is 1. The van der Waals surface area contributed by atoms with E-state index in [9.17, 15) is 0 Å². The van der Waals surface area contributed by atoms with Gasteiger partial charge in [-0.25, -0.2) is 9.97 Å². The largest absolute Gasteiger partial charge is 0.370 e. The van der Waals surface area contributed by atoms with Crippen LogP contribution in [0.25, 0.3) is 10.2 Å². The van der Waals surface area contributed by atoms with Gasteiger partial charge in [-0.15, -0.1) is 11.3 Å². The van der Waals surface area contributed by atoms with E-state index < -0.39 is 0 Å². The van der Waals surface area contributed by atoms with Crippen LogP contribution in [0.2, 0.25) is 0 Å². The maximum absolute atomic E-state index is 4.73. The van der Waals surface area contributed by atoms with Gasteiger partial charge in [-0.1, -0.05) is 0 Å². The van der Waals surface area contributed by atoms with Gasteiger partial charge in [0.05, 0.1) is 11.9 Å². The predicted octanol–water partition coefficient (Wildman–Crippen LogP) is 2.26. The first-order chi connectivity index (χ1) is 10.2. The molecule has 114 valence electrons. The zero-order chi connectivity index (χ0) is 14.8. The summed E-state index contributed by atoms with van der Waals surface area (Å²) in [5.74, 6) is 1.90. The van der Waals surface area contributed by atoms with E-state index in [-0.39, 0.29) is 0 Å². The second-order valence-electron chi connectivity index (χ2n) is 5.72. The molecule has 0 radical (unpaired) electrons. The van der Waals surface area contributed by atoms with Crippen LogP contribution in [-0.2, 0) is 6.54 Å². The lowest BCUT2D eigenvalue weighted by atomic mass is 10.2. The van der Waals surface area contributed by atoms with Gasteiger partial charge in [-0.2, -0.15) is 0 Å². The van der Waals surface area contributed by atoms with Crippen molar-refractivity contribution in [1.29, 1.82) is 0 Å². The minimum atomic E-state index is 0.595. The Labute approximate surface area is 130 Å². The SMILES string of the molecule is CCNc1nc(CN2CCN(C)C(C)C2)nc2sccc12. The molecule has 21 heavy (non-hydrogen) atoms.